The molecule has 1 unspecified atom stereocenters. The number of hydrogen-bond acceptors (Lipinski definition) is 2. The Morgan fingerprint density at radius 3 is 2.33 bits per heavy atom. The largest absolute Gasteiger partial charge is 0.496 e. The summed E-state index contributed by atoms with van der Waals surface area (Å²) in [6.45, 7) is 1.65. The lowest BCUT2D eigenvalue weighted by Gasteiger charge is -2.30. The molecule has 1 aromatic rings. The molecule has 120 valence electrons. The van der Waals surface area contributed by atoms with E-state index in [-0.39, 0.29) is 22.9 Å². The summed E-state index contributed by atoms with van der Waals surface area (Å²) in [6.07, 6.45) is -5.29. The van der Waals surface area contributed by atoms with Crippen molar-refractivity contribution < 1.29 is 26.7 Å². The molecule has 8 heteroatoms. The number of methoxy groups -OCH3 is 1. The minimum absolute atomic E-state index is 0.00793. The summed E-state index contributed by atoms with van der Waals surface area (Å²) in [5, 5.41) is 2.27. The van der Waals surface area contributed by atoms with E-state index in [9.17, 15) is 22.0 Å². The molecular formula is C13H15ClF5NO. The van der Waals surface area contributed by atoms with Crippen molar-refractivity contribution in [3.63, 3.8) is 0 Å². The van der Waals surface area contributed by atoms with Gasteiger partial charge in [0.15, 0.2) is 0 Å². The topological polar surface area (TPSA) is 21.3 Å². The number of alkyl halides is 5. The summed E-state index contributed by atoms with van der Waals surface area (Å²) < 4.78 is 70.4. The number of benzene rings is 1. The van der Waals surface area contributed by atoms with E-state index in [1.54, 1.807) is 6.92 Å². The summed E-state index contributed by atoms with van der Waals surface area (Å²) >= 11 is 5.71. The molecule has 0 aliphatic rings. The number of halogens is 6. The molecule has 2 nitrogen and oxygen atoms in total. The second-order valence-electron chi connectivity index (χ2n) is 4.39. The smallest absolute Gasteiger partial charge is 0.455 e. The van der Waals surface area contributed by atoms with E-state index in [0.717, 1.165) is 6.07 Å². The van der Waals surface area contributed by atoms with E-state index >= 15 is 0 Å². The Bertz CT molecular complexity index is 478. The molecule has 0 aromatic heterocycles. The van der Waals surface area contributed by atoms with E-state index in [1.807, 2.05) is 0 Å². The zero-order chi connectivity index (χ0) is 16.3. The van der Waals surface area contributed by atoms with Gasteiger partial charge < -0.3 is 10.1 Å². The van der Waals surface area contributed by atoms with Gasteiger partial charge in [0, 0.05) is 10.6 Å². The van der Waals surface area contributed by atoms with Gasteiger partial charge in [-0.3, -0.25) is 0 Å². The van der Waals surface area contributed by atoms with Gasteiger partial charge in [0.05, 0.1) is 7.11 Å². The molecule has 0 heterocycles. The second kappa shape index (κ2) is 6.79. The lowest BCUT2D eigenvalue weighted by Crippen LogP contribution is -2.48. The molecule has 0 aliphatic heterocycles. The van der Waals surface area contributed by atoms with Crippen LogP contribution in [0.1, 0.15) is 24.9 Å². The summed E-state index contributed by atoms with van der Waals surface area (Å²) in [6, 6.07) is 1.39. The van der Waals surface area contributed by atoms with Gasteiger partial charge in [0.1, 0.15) is 11.8 Å². The van der Waals surface area contributed by atoms with Gasteiger partial charge in [0.2, 0.25) is 0 Å². The Hall–Kier alpha value is -1.08. The highest BCUT2D eigenvalue weighted by atomic mass is 35.5. The van der Waals surface area contributed by atoms with Gasteiger partial charge in [-0.1, -0.05) is 18.5 Å². The normalized spacial score (nSPS) is 14.1. The molecule has 0 radical (unpaired) electrons. The first-order valence-electron chi connectivity index (χ1n) is 6.16. The molecule has 0 saturated carbocycles. The SMILES string of the molecule is CCCNC(c1cc(Cl)ccc1OC)C(F)(F)C(F)(F)F. The van der Waals surface area contributed by atoms with Crippen molar-refractivity contribution in [2.75, 3.05) is 13.7 Å². The second-order valence-corrected chi connectivity index (χ2v) is 4.83. The van der Waals surface area contributed by atoms with Crippen LogP contribution < -0.4 is 10.1 Å². The molecule has 0 bridgehead atoms. The summed E-state index contributed by atoms with van der Waals surface area (Å²) in [5.41, 5.74) is -0.333. The van der Waals surface area contributed by atoms with Crippen molar-refractivity contribution in [2.24, 2.45) is 0 Å². The molecular weight excluding hydrogens is 317 g/mol. The van der Waals surface area contributed by atoms with E-state index in [4.69, 9.17) is 16.3 Å². The Kier molecular flexibility index (Phi) is 5.81. The van der Waals surface area contributed by atoms with E-state index in [2.05, 4.69) is 5.32 Å². The summed E-state index contributed by atoms with van der Waals surface area (Å²) in [4.78, 5) is 0. The Balaban J connectivity index is 3.35. The van der Waals surface area contributed by atoms with Crippen LogP contribution in [0.5, 0.6) is 5.75 Å². The quantitative estimate of drug-likeness (QED) is 0.770. The standard InChI is InChI=1S/C13H15ClF5NO/c1-3-6-20-11(12(15,16)13(17,18)19)9-7-8(14)4-5-10(9)21-2/h4-5,7,11,20H,3,6H2,1-2H3. The average Bonchev–Trinajstić information content (AvgIpc) is 2.38. The third kappa shape index (κ3) is 3.97. The molecule has 0 spiro atoms. The first-order chi connectivity index (χ1) is 9.65. The molecule has 1 rings (SSSR count). The highest BCUT2D eigenvalue weighted by molar-refractivity contribution is 6.30. The first kappa shape index (κ1) is 18.0. The Morgan fingerprint density at radius 1 is 1.24 bits per heavy atom. The van der Waals surface area contributed by atoms with Gasteiger partial charge in [-0.2, -0.15) is 22.0 Å². The Morgan fingerprint density at radius 2 is 1.86 bits per heavy atom. The monoisotopic (exact) mass is 331 g/mol. The van der Waals surface area contributed by atoms with Crippen LogP contribution in [0.15, 0.2) is 18.2 Å². The molecule has 1 aromatic carbocycles. The first-order valence-corrected chi connectivity index (χ1v) is 6.54. The number of ether oxygens (including phenoxy) is 1. The van der Waals surface area contributed by atoms with Crippen LogP contribution in [0.25, 0.3) is 0 Å². The number of hydrogen-bond donors (Lipinski definition) is 1. The summed E-state index contributed by atoms with van der Waals surface area (Å²) in [7, 11) is 1.19. The lowest BCUT2D eigenvalue weighted by molar-refractivity contribution is -0.294. The van der Waals surface area contributed by atoms with Crippen LogP contribution in [0.4, 0.5) is 22.0 Å². The molecule has 0 aliphatic carbocycles. The van der Waals surface area contributed by atoms with Gasteiger partial charge in [-0.15, -0.1) is 0 Å². The highest BCUT2D eigenvalue weighted by Gasteiger charge is 2.63. The molecule has 21 heavy (non-hydrogen) atoms. The van der Waals surface area contributed by atoms with E-state index in [1.165, 1.54) is 19.2 Å². The molecule has 0 fully saturated rings. The van der Waals surface area contributed by atoms with Crippen molar-refractivity contribution in [1.82, 2.24) is 5.32 Å². The third-order valence-electron chi connectivity index (χ3n) is 2.84. The van der Waals surface area contributed by atoms with Gasteiger partial charge in [-0.05, 0) is 31.2 Å². The van der Waals surface area contributed by atoms with Crippen molar-refractivity contribution in [1.29, 1.82) is 0 Å². The minimum Gasteiger partial charge on any atom is -0.496 e. The maximum atomic E-state index is 13.8. The molecule has 0 saturated heterocycles. The van der Waals surface area contributed by atoms with Crippen molar-refractivity contribution in [2.45, 2.75) is 31.5 Å². The predicted molar refractivity (Wildman–Crippen MR) is 70.0 cm³/mol. The fraction of sp³-hybridized carbons (Fsp3) is 0.538. The zero-order valence-electron chi connectivity index (χ0n) is 11.4. The Labute approximate surface area is 124 Å². The van der Waals surface area contributed by atoms with Gasteiger partial charge >= 0.3 is 12.1 Å². The molecule has 0 amide bonds. The average molecular weight is 332 g/mol. The summed E-state index contributed by atoms with van der Waals surface area (Å²) in [5.74, 6) is -5.04. The van der Waals surface area contributed by atoms with E-state index in [0.29, 0.717) is 6.42 Å². The maximum absolute atomic E-state index is 13.8. The van der Waals surface area contributed by atoms with Gasteiger partial charge in [0.25, 0.3) is 0 Å². The predicted octanol–water partition coefficient (Wildman–Crippen LogP) is 4.59. The van der Waals surface area contributed by atoms with Gasteiger partial charge in [-0.25, -0.2) is 0 Å². The van der Waals surface area contributed by atoms with Crippen molar-refractivity contribution in [3.05, 3.63) is 28.8 Å². The number of nitrogens with one attached hydrogen (secondary N) is 1. The highest BCUT2D eigenvalue weighted by Crippen LogP contribution is 2.46. The fourth-order valence-electron chi connectivity index (χ4n) is 1.82. The van der Waals surface area contributed by atoms with Crippen LogP contribution in [0.3, 0.4) is 0 Å². The fourth-order valence-corrected chi connectivity index (χ4v) is 2.00. The molecule has 1 N–H and O–H groups in total. The number of rotatable bonds is 6. The van der Waals surface area contributed by atoms with Crippen LogP contribution in [0.2, 0.25) is 5.02 Å². The third-order valence-corrected chi connectivity index (χ3v) is 3.08. The van der Waals surface area contributed by atoms with Crippen LogP contribution in [0, 0.1) is 0 Å². The lowest BCUT2D eigenvalue weighted by atomic mass is 9.98. The van der Waals surface area contributed by atoms with Crippen LogP contribution in [-0.2, 0) is 0 Å². The van der Waals surface area contributed by atoms with Crippen LogP contribution in [-0.4, -0.2) is 25.8 Å². The van der Waals surface area contributed by atoms with Crippen molar-refractivity contribution in [3.8, 4) is 5.75 Å². The van der Waals surface area contributed by atoms with Crippen LogP contribution >= 0.6 is 11.6 Å². The van der Waals surface area contributed by atoms with Crippen molar-refractivity contribution >= 4 is 11.6 Å². The van der Waals surface area contributed by atoms with E-state index < -0.39 is 18.1 Å². The minimum atomic E-state index is -5.69. The zero-order valence-corrected chi connectivity index (χ0v) is 12.2. The molecule has 1 atom stereocenters. The maximum Gasteiger partial charge on any atom is 0.455 e.